The van der Waals surface area contributed by atoms with Crippen LogP contribution in [0.2, 0.25) is 0 Å². The third-order valence-electron chi connectivity index (χ3n) is 5.45. The Labute approximate surface area is 173 Å². The number of rotatable bonds is 2. The van der Waals surface area contributed by atoms with Gasteiger partial charge in [0.05, 0.1) is 10.5 Å². The number of amides is 1. The fourth-order valence-electron chi connectivity index (χ4n) is 3.94. The van der Waals surface area contributed by atoms with Crippen LogP contribution in [-0.2, 0) is 0 Å². The van der Waals surface area contributed by atoms with Crippen LogP contribution in [0.3, 0.4) is 0 Å². The number of carbonyl (C=O) groups excluding carboxylic acids is 1. The van der Waals surface area contributed by atoms with Crippen molar-refractivity contribution < 1.29 is 18.0 Å². The summed E-state index contributed by atoms with van der Waals surface area (Å²) in [5.74, 6) is -0.114. The minimum absolute atomic E-state index is 0.0392. The summed E-state index contributed by atoms with van der Waals surface area (Å²) in [6.07, 6.45) is -1.80. The van der Waals surface area contributed by atoms with Gasteiger partial charge in [-0.25, -0.2) is 4.68 Å². The molecule has 1 amide bonds. The van der Waals surface area contributed by atoms with Crippen LogP contribution in [-0.4, -0.2) is 39.4 Å². The molecule has 5 nitrogen and oxygen atoms in total. The van der Waals surface area contributed by atoms with E-state index in [-0.39, 0.29) is 29.9 Å². The van der Waals surface area contributed by atoms with Crippen LogP contribution in [0.25, 0.3) is 0 Å². The third-order valence-corrected chi connectivity index (χ3v) is 7.19. The van der Waals surface area contributed by atoms with Gasteiger partial charge in [0.25, 0.3) is 5.91 Å². The highest BCUT2D eigenvalue weighted by molar-refractivity contribution is 9.10. The molecule has 4 heterocycles. The van der Waals surface area contributed by atoms with Crippen LogP contribution in [0, 0.1) is 0 Å². The molecule has 28 heavy (non-hydrogen) atoms. The van der Waals surface area contributed by atoms with Crippen molar-refractivity contribution in [1.82, 2.24) is 14.7 Å². The Kier molecular flexibility index (Phi) is 5.20. The summed E-state index contributed by atoms with van der Waals surface area (Å²) < 4.78 is 42.6. The standard InChI is InChI=1S/C18H20BrF3N4OS/c1-10-5-2-3-7-25(10)17(27)15-14(19)16-23-11(12-6-4-8-28-12)9-13(18(20,21)22)26(16)24-15/h4,6,8,10-11,13,23H,2-3,5,7,9H2,1H3/t10-,11-,13+/m0/s1. The lowest BCUT2D eigenvalue weighted by molar-refractivity contribution is -0.173. The summed E-state index contributed by atoms with van der Waals surface area (Å²) in [5.41, 5.74) is 0.0392. The van der Waals surface area contributed by atoms with Gasteiger partial charge in [0.2, 0.25) is 0 Å². The van der Waals surface area contributed by atoms with E-state index >= 15 is 0 Å². The molecule has 0 spiro atoms. The molecule has 0 aliphatic carbocycles. The Morgan fingerprint density at radius 1 is 1.39 bits per heavy atom. The van der Waals surface area contributed by atoms with E-state index in [0.29, 0.717) is 11.0 Å². The SMILES string of the molecule is C[C@H]1CCCCN1C(=O)c1nn2c(c1Br)N[C@H](c1cccs1)C[C@@H]2C(F)(F)F. The molecule has 2 aromatic heterocycles. The maximum atomic E-state index is 13.8. The van der Waals surface area contributed by atoms with Crippen LogP contribution in [0.1, 0.15) is 60.1 Å². The van der Waals surface area contributed by atoms with Gasteiger partial charge in [-0.2, -0.15) is 18.3 Å². The lowest BCUT2D eigenvalue weighted by atomic mass is 10.0. The number of nitrogens with one attached hydrogen (secondary N) is 1. The number of hydrogen-bond donors (Lipinski definition) is 1. The zero-order chi connectivity index (χ0) is 20.1. The topological polar surface area (TPSA) is 50.2 Å². The van der Waals surface area contributed by atoms with E-state index in [2.05, 4.69) is 26.3 Å². The molecule has 1 saturated heterocycles. The quantitative estimate of drug-likeness (QED) is 0.632. The summed E-state index contributed by atoms with van der Waals surface area (Å²) >= 11 is 4.76. The smallest absolute Gasteiger partial charge is 0.362 e. The average molecular weight is 477 g/mol. The average Bonchev–Trinajstić information content (AvgIpc) is 3.29. The van der Waals surface area contributed by atoms with Crippen LogP contribution in [0.4, 0.5) is 19.0 Å². The zero-order valence-corrected chi connectivity index (χ0v) is 17.6. The molecular formula is C18H20BrF3N4OS. The van der Waals surface area contributed by atoms with Crippen molar-refractivity contribution in [2.45, 2.75) is 56.9 Å². The third kappa shape index (κ3) is 3.45. The second-order valence-corrected chi connectivity index (χ2v) is 9.08. The van der Waals surface area contributed by atoms with E-state index in [4.69, 9.17) is 0 Å². The number of alkyl halides is 3. The Morgan fingerprint density at radius 3 is 2.82 bits per heavy atom. The number of fused-ring (bicyclic) bond motifs is 1. The molecule has 3 atom stereocenters. The molecule has 0 unspecified atom stereocenters. The molecule has 1 N–H and O–H groups in total. The molecule has 4 rings (SSSR count). The van der Waals surface area contributed by atoms with Gasteiger partial charge in [0, 0.05) is 23.9 Å². The monoisotopic (exact) mass is 476 g/mol. The van der Waals surface area contributed by atoms with Gasteiger partial charge in [-0.3, -0.25) is 4.79 Å². The first-order valence-electron chi connectivity index (χ1n) is 9.23. The molecule has 2 aromatic rings. The number of anilines is 1. The predicted molar refractivity (Wildman–Crippen MR) is 105 cm³/mol. The van der Waals surface area contributed by atoms with E-state index in [9.17, 15) is 18.0 Å². The summed E-state index contributed by atoms with van der Waals surface area (Å²) in [6, 6.07) is 1.42. The van der Waals surface area contributed by atoms with Crippen LogP contribution in [0.5, 0.6) is 0 Å². The predicted octanol–water partition coefficient (Wildman–Crippen LogP) is 5.38. The highest BCUT2D eigenvalue weighted by Gasteiger charge is 2.48. The van der Waals surface area contributed by atoms with E-state index in [1.807, 2.05) is 24.4 Å². The number of aromatic nitrogens is 2. The lowest BCUT2D eigenvalue weighted by Crippen LogP contribution is -2.42. The Bertz CT molecular complexity index is 867. The number of piperidine rings is 1. The van der Waals surface area contributed by atoms with Crippen molar-refractivity contribution >= 4 is 39.0 Å². The van der Waals surface area contributed by atoms with Crippen LogP contribution >= 0.6 is 27.3 Å². The molecule has 2 aliphatic rings. The number of nitrogens with zero attached hydrogens (tertiary/aromatic N) is 3. The number of halogens is 4. The molecule has 0 saturated carbocycles. The number of thiophene rings is 1. The molecule has 0 bridgehead atoms. The van der Waals surface area contributed by atoms with Crippen molar-refractivity contribution in [2.24, 2.45) is 0 Å². The summed E-state index contributed by atoms with van der Waals surface area (Å²) in [6.45, 7) is 2.56. The lowest BCUT2D eigenvalue weighted by Gasteiger charge is -2.33. The number of hydrogen-bond acceptors (Lipinski definition) is 4. The Morgan fingerprint density at radius 2 is 2.18 bits per heavy atom. The molecule has 152 valence electrons. The van der Waals surface area contributed by atoms with Crippen molar-refractivity contribution in [1.29, 1.82) is 0 Å². The largest absolute Gasteiger partial charge is 0.410 e. The molecule has 0 aromatic carbocycles. The zero-order valence-electron chi connectivity index (χ0n) is 15.2. The molecule has 1 fully saturated rings. The first-order valence-corrected chi connectivity index (χ1v) is 10.9. The van der Waals surface area contributed by atoms with E-state index < -0.39 is 18.3 Å². The van der Waals surface area contributed by atoms with Crippen molar-refractivity contribution in [3.8, 4) is 0 Å². The normalized spacial score (nSPS) is 25.3. The second-order valence-electron chi connectivity index (χ2n) is 7.30. The van der Waals surface area contributed by atoms with Gasteiger partial charge in [-0.15, -0.1) is 11.3 Å². The molecule has 2 aliphatic heterocycles. The summed E-state index contributed by atoms with van der Waals surface area (Å²) in [7, 11) is 0. The van der Waals surface area contributed by atoms with Gasteiger partial charge in [-0.1, -0.05) is 6.07 Å². The number of carbonyl (C=O) groups is 1. The number of likely N-dealkylation sites (tertiary alicyclic amines) is 1. The second kappa shape index (κ2) is 7.37. The first kappa shape index (κ1) is 19.8. The highest BCUT2D eigenvalue weighted by Crippen LogP contribution is 2.47. The minimum Gasteiger partial charge on any atom is -0.362 e. The minimum atomic E-state index is -4.46. The maximum absolute atomic E-state index is 13.8. The fourth-order valence-corrected chi connectivity index (χ4v) is 5.27. The van der Waals surface area contributed by atoms with Crippen LogP contribution in [0.15, 0.2) is 22.0 Å². The first-order chi connectivity index (χ1) is 13.3. The maximum Gasteiger partial charge on any atom is 0.410 e. The van der Waals surface area contributed by atoms with Gasteiger partial charge < -0.3 is 10.2 Å². The van der Waals surface area contributed by atoms with Gasteiger partial charge >= 0.3 is 6.18 Å². The van der Waals surface area contributed by atoms with Crippen molar-refractivity contribution in [3.63, 3.8) is 0 Å². The van der Waals surface area contributed by atoms with Gasteiger partial charge in [0.15, 0.2) is 11.7 Å². The Balaban J connectivity index is 1.73. The van der Waals surface area contributed by atoms with Crippen molar-refractivity contribution in [3.05, 3.63) is 32.6 Å². The van der Waals surface area contributed by atoms with E-state index in [1.54, 1.807) is 4.90 Å². The molecule has 0 radical (unpaired) electrons. The molecular weight excluding hydrogens is 457 g/mol. The summed E-state index contributed by atoms with van der Waals surface area (Å²) in [5, 5.41) is 9.12. The van der Waals surface area contributed by atoms with E-state index in [0.717, 1.165) is 28.8 Å². The Hall–Kier alpha value is -1.55. The summed E-state index contributed by atoms with van der Waals surface area (Å²) in [4.78, 5) is 15.6. The van der Waals surface area contributed by atoms with Crippen molar-refractivity contribution in [2.75, 3.05) is 11.9 Å². The highest BCUT2D eigenvalue weighted by atomic mass is 79.9. The fraction of sp³-hybridized carbons (Fsp3) is 0.556. The van der Waals surface area contributed by atoms with Gasteiger partial charge in [-0.05, 0) is 53.6 Å². The van der Waals surface area contributed by atoms with E-state index in [1.165, 1.54) is 11.3 Å². The molecule has 10 heteroatoms. The van der Waals surface area contributed by atoms with Crippen LogP contribution < -0.4 is 5.32 Å². The van der Waals surface area contributed by atoms with Gasteiger partial charge in [0.1, 0.15) is 5.82 Å².